The highest BCUT2D eigenvalue weighted by atomic mass is 35.5. The average molecular weight is 329 g/mol. The maximum atomic E-state index is 11.9. The van der Waals surface area contributed by atoms with Gasteiger partial charge in [0, 0.05) is 6.08 Å². The maximum Gasteiger partial charge on any atom is 0.271 e. The molecule has 0 saturated heterocycles. The molecule has 0 atom stereocenters. The summed E-state index contributed by atoms with van der Waals surface area (Å²) in [5, 5.41) is 0.325. The Bertz CT molecular complexity index is 724. The topological polar surface area (TPSA) is 58.2 Å². The molecule has 4 nitrogen and oxygen atoms in total. The Kier molecular flexibility index (Phi) is 5.94. The van der Waals surface area contributed by atoms with Crippen LogP contribution in [-0.4, -0.2) is 11.8 Å². The van der Waals surface area contributed by atoms with Crippen molar-refractivity contribution in [1.29, 1.82) is 0 Å². The molecule has 2 aromatic carbocycles. The lowest BCUT2D eigenvalue weighted by Gasteiger charge is -2.06. The fourth-order valence-electron chi connectivity index (χ4n) is 1.91. The molecular formula is C18H17ClN2O2. The summed E-state index contributed by atoms with van der Waals surface area (Å²) in [6.45, 7) is 2.08. The number of carbonyl (C=O) groups excluding carboxylic acids is 2. The smallest absolute Gasteiger partial charge is 0.268 e. The summed E-state index contributed by atoms with van der Waals surface area (Å²) in [6.07, 6.45) is 4.00. The van der Waals surface area contributed by atoms with Gasteiger partial charge >= 0.3 is 0 Å². The Labute approximate surface area is 140 Å². The summed E-state index contributed by atoms with van der Waals surface area (Å²) in [4.78, 5) is 23.6. The molecular weight excluding hydrogens is 312 g/mol. The Balaban J connectivity index is 1.88. The fourth-order valence-corrected chi connectivity index (χ4v) is 2.13. The molecule has 0 unspecified atom stereocenters. The van der Waals surface area contributed by atoms with Crippen LogP contribution < -0.4 is 10.9 Å². The molecule has 0 aliphatic rings. The molecule has 0 aromatic heterocycles. The van der Waals surface area contributed by atoms with E-state index in [1.165, 1.54) is 11.6 Å². The normalized spacial score (nSPS) is 10.5. The van der Waals surface area contributed by atoms with E-state index in [0.717, 1.165) is 12.0 Å². The predicted octanol–water partition coefficient (Wildman–Crippen LogP) is 3.38. The quantitative estimate of drug-likeness (QED) is 0.667. The van der Waals surface area contributed by atoms with Crippen molar-refractivity contribution in [2.24, 2.45) is 0 Å². The number of halogens is 1. The first-order chi connectivity index (χ1) is 11.1. The minimum atomic E-state index is -0.468. The Morgan fingerprint density at radius 2 is 1.74 bits per heavy atom. The van der Waals surface area contributed by atoms with Crippen LogP contribution in [0.2, 0.25) is 5.02 Å². The molecule has 23 heavy (non-hydrogen) atoms. The second-order valence-corrected chi connectivity index (χ2v) is 5.26. The van der Waals surface area contributed by atoms with E-state index in [1.54, 1.807) is 30.3 Å². The minimum absolute atomic E-state index is 0.300. The zero-order chi connectivity index (χ0) is 16.7. The van der Waals surface area contributed by atoms with Crippen molar-refractivity contribution < 1.29 is 9.59 Å². The zero-order valence-corrected chi connectivity index (χ0v) is 13.4. The first-order valence-electron chi connectivity index (χ1n) is 7.22. The summed E-state index contributed by atoms with van der Waals surface area (Å²) in [6, 6.07) is 14.5. The van der Waals surface area contributed by atoms with Gasteiger partial charge in [-0.15, -0.1) is 0 Å². The highest BCUT2D eigenvalue weighted by molar-refractivity contribution is 6.33. The van der Waals surface area contributed by atoms with Crippen LogP contribution in [0.4, 0.5) is 0 Å². The van der Waals surface area contributed by atoms with Gasteiger partial charge in [0.15, 0.2) is 0 Å². The van der Waals surface area contributed by atoms with Crippen LogP contribution in [0.5, 0.6) is 0 Å². The van der Waals surface area contributed by atoms with Gasteiger partial charge in [0.1, 0.15) is 0 Å². The number of nitrogens with one attached hydrogen (secondary N) is 2. The van der Waals surface area contributed by atoms with Gasteiger partial charge in [-0.05, 0) is 35.8 Å². The number of benzene rings is 2. The van der Waals surface area contributed by atoms with Gasteiger partial charge in [-0.3, -0.25) is 20.4 Å². The fraction of sp³-hybridized carbons (Fsp3) is 0.111. The molecule has 2 amide bonds. The van der Waals surface area contributed by atoms with E-state index in [1.807, 2.05) is 24.3 Å². The van der Waals surface area contributed by atoms with Gasteiger partial charge in [-0.25, -0.2) is 0 Å². The molecule has 0 aliphatic heterocycles. The van der Waals surface area contributed by atoms with Crippen LogP contribution >= 0.6 is 11.6 Å². The first-order valence-corrected chi connectivity index (χ1v) is 7.60. The molecule has 2 rings (SSSR count). The summed E-state index contributed by atoms with van der Waals surface area (Å²) >= 11 is 5.91. The SMILES string of the molecule is CCc1ccc(/C=C/C(=O)NNC(=O)c2ccccc2Cl)cc1. The van der Waals surface area contributed by atoms with Crippen LogP contribution in [0.25, 0.3) is 6.08 Å². The average Bonchev–Trinajstić information content (AvgIpc) is 2.58. The molecule has 0 aliphatic carbocycles. The number of carbonyl (C=O) groups is 2. The third-order valence-electron chi connectivity index (χ3n) is 3.23. The number of amides is 2. The van der Waals surface area contributed by atoms with Gasteiger partial charge < -0.3 is 0 Å². The van der Waals surface area contributed by atoms with Gasteiger partial charge in [-0.1, -0.05) is 54.9 Å². The van der Waals surface area contributed by atoms with Gasteiger partial charge in [0.25, 0.3) is 11.8 Å². The Morgan fingerprint density at radius 3 is 2.39 bits per heavy atom. The molecule has 0 saturated carbocycles. The van der Waals surface area contributed by atoms with Crippen molar-refractivity contribution in [3.8, 4) is 0 Å². The molecule has 118 valence electrons. The Morgan fingerprint density at radius 1 is 1.04 bits per heavy atom. The summed E-state index contributed by atoms with van der Waals surface area (Å²) < 4.78 is 0. The van der Waals surface area contributed by atoms with E-state index in [2.05, 4.69) is 17.8 Å². The molecule has 0 spiro atoms. The van der Waals surface area contributed by atoms with Crippen LogP contribution in [0.3, 0.4) is 0 Å². The highest BCUT2D eigenvalue weighted by Crippen LogP contribution is 2.14. The molecule has 0 heterocycles. The second-order valence-electron chi connectivity index (χ2n) is 4.85. The lowest BCUT2D eigenvalue weighted by molar-refractivity contribution is -0.117. The minimum Gasteiger partial charge on any atom is -0.268 e. The number of hydrogen-bond donors (Lipinski definition) is 2. The molecule has 2 aromatic rings. The number of rotatable bonds is 4. The number of hydrogen-bond acceptors (Lipinski definition) is 2. The van der Waals surface area contributed by atoms with Crippen LogP contribution in [0.15, 0.2) is 54.6 Å². The van der Waals surface area contributed by atoms with E-state index >= 15 is 0 Å². The number of aryl methyl sites for hydroxylation is 1. The maximum absolute atomic E-state index is 11.9. The third-order valence-corrected chi connectivity index (χ3v) is 3.56. The van der Waals surface area contributed by atoms with Crippen LogP contribution in [0, 0.1) is 0 Å². The largest absolute Gasteiger partial charge is 0.271 e. The number of hydrazine groups is 1. The van der Waals surface area contributed by atoms with Gasteiger partial charge in [-0.2, -0.15) is 0 Å². The van der Waals surface area contributed by atoms with Crippen molar-refractivity contribution in [2.75, 3.05) is 0 Å². The van der Waals surface area contributed by atoms with E-state index in [9.17, 15) is 9.59 Å². The standard InChI is InChI=1S/C18H17ClN2O2/c1-2-13-7-9-14(10-8-13)11-12-17(22)20-21-18(23)15-5-3-4-6-16(15)19/h3-12H,2H2,1H3,(H,20,22)(H,21,23)/b12-11+. The summed E-state index contributed by atoms with van der Waals surface area (Å²) in [5.74, 6) is -0.894. The van der Waals surface area contributed by atoms with Gasteiger partial charge in [0.05, 0.1) is 10.6 Å². The van der Waals surface area contributed by atoms with E-state index in [-0.39, 0.29) is 0 Å². The predicted molar refractivity (Wildman–Crippen MR) is 91.9 cm³/mol. The zero-order valence-electron chi connectivity index (χ0n) is 12.7. The van der Waals surface area contributed by atoms with Crippen molar-refractivity contribution in [1.82, 2.24) is 10.9 Å². The van der Waals surface area contributed by atoms with E-state index < -0.39 is 11.8 Å². The second kappa shape index (κ2) is 8.15. The van der Waals surface area contributed by atoms with E-state index in [4.69, 9.17) is 11.6 Å². The monoisotopic (exact) mass is 328 g/mol. The van der Waals surface area contributed by atoms with Crippen molar-refractivity contribution in [2.45, 2.75) is 13.3 Å². The van der Waals surface area contributed by atoms with E-state index in [0.29, 0.717) is 10.6 Å². The highest BCUT2D eigenvalue weighted by Gasteiger charge is 2.09. The molecule has 5 heteroatoms. The Hall–Kier alpha value is -2.59. The molecule has 0 fully saturated rings. The van der Waals surface area contributed by atoms with Gasteiger partial charge in [0.2, 0.25) is 0 Å². The van der Waals surface area contributed by atoms with Crippen LogP contribution in [0.1, 0.15) is 28.4 Å². The lowest BCUT2D eigenvalue weighted by atomic mass is 10.1. The molecule has 0 radical (unpaired) electrons. The summed E-state index contributed by atoms with van der Waals surface area (Å²) in [7, 11) is 0. The van der Waals surface area contributed by atoms with Crippen molar-refractivity contribution in [3.63, 3.8) is 0 Å². The van der Waals surface area contributed by atoms with Crippen molar-refractivity contribution >= 4 is 29.5 Å². The molecule has 2 N–H and O–H groups in total. The third kappa shape index (κ3) is 4.97. The molecule has 0 bridgehead atoms. The lowest BCUT2D eigenvalue weighted by Crippen LogP contribution is -2.40. The van der Waals surface area contributed by atoms with Crippen LogP contribution in [-0.2, 0) is 11.2 Å². The first kappa shape index (κ1) is 16.8. The van der Waals surface area contributed by atoms with Crippen molar-refractivity contribution in [3.05, 3.63) is 76.3 Å². The summed E-state index contributed by atoms with van der Waals surface area (Å²) in [5.41, 5.74) is 7.08.